The standard InChI is InChI=1S/C16H21N3O3/c1-17(2)15(21)10-18-9-11-5-6-12(8-13(11)16(18)22)19-7-3-4-14(19)20/h5-6,8,16,22H,3-4,7,9-10H2,1-2H3. The van der Waals surface area contributed by atoms with E-state index in [0.29, 0.717) is 13.0 Å². The van der Waals surface area contributed by atoms with Crippen LogP contribution in [0.5, 0.6) is 0 Å². The lowest BCUT2D eigenvalue weighted by molar-refractivity contribution is -0.132. The molecule has 2 aliphatic rings. The van der Waals surface area contributed by atoms with E-state index in [1.165, 1.54) is 4.90 Å². The van der Waals surface area contributed by atoms with E-state index in [1.54, 1.807) is 23.9 Å². The number of benzene rings is 1. The van der Waals surface area contributed by atoms with Crippen molar-refractivity contribution in [3.8, 4) is 0 Å². The summed E-state index contributed by atoms with van der Waals surface area (Å²) in [4.78, 5) is 28.7. The van der Waals surface area contributed by atoms with Gasteiger partial charge >= 0.3 is 0 Å². The number of hydrogen-bond acceptors (Lipinski definition) is 4. The summed E-state index contributed by atoms with van der Waals surface area (Å²) in [7, 11) is 3.41. The van der Waals surface area contributed by atoms with Crippen LogP contribution in [-0.4, -0.2) is 53.9 Å². The predicted octanol–water partition coefficient (Wildman–Crippen LogP) is 0.708. The maximum Gasteiger partial charge on any atom is 0.236 e. The summed E-state index contributed by atoms with van der Waals surface area (Å²) in [5.41, 5.74) is 2.64. The quantitative estimate of drug-likeness (QED) is 0.893. The van der Waals surface area contributed by atoms with Gasteiger partial charge < -0.3 is 14.9 Å². The van der Waals surface area contributed by atoms with Crippen LogP contribution in [0.4, 0.5) is 5.69 Å². The lowest BCUT2D eigenvalue weighted by Crippen LogP contribution is -2.35. The third kappa shape index (κ3) is 2.60. The highest BCUT2D eigenvalue weighted by molar-refractivity contribution is 5.95. The molecule has 2 aliphatic heterocycles. The van der Waals surface area contributed by atoms with Gasteiger partial charge in [-0.3, -0.25) is 14.5 Å². The van der Waals surface area contributed by atoms with Gasteiger partial charge in [-0.25, -0.2) is 0 Å². The Hall–Kier alpha value is -1.92. The minimum Gasteiger partial charge on any atom is -0.374 e. The number of aliphatic hydroxyl groups excluding tert-OH is 1. The van der Waals surface area contributed by atoms with E-state index in [1.807, 2.05) is 18.2 Å². The van der Waals surface area contributed by atoms with Crippen molar-refractivity contribution in [3.63, 3.8) is 0 Å². The zero-order valence-electron chi connectivity index (χ0n) is 13.0. The first-order chi connectivity index (χ1) is 10.5. The molecule has 1 atom stereocenters. The third-order valence-corrected chi connectivity index (χ3v) is 4.35. The molecule has 0 aromatic heterocycles. The van der Waals surface area contributed by atoms with Crippen molar-refractivity contribution < 1.29 is 14.7 Å². The minimum atomic E-state index is -0.795. The van der Waals surface area contributed by atoms with Crippen LogP contribution in [0.3, 0.4) is 0 Å². The number of fused-ring (bicyclic) bond motifs is 1. The molecule has 22 heavy (non-hydrogen) atoms. The average Bonchev–Trinajstić information content (AvgIpc) is 3.03. The van der Waals surface area contributed by atoms with E-state index in [2.05, 4.69) is 0 Å². The molecule has 1 aromatic carbocycles. The molecule has 0 radical (unpaired) electrons. The van der Waals surface area contributed by atoms with E-state index in [9.17, 15) is 14.7 Å². The van der Waals surface area contributed by atoms with Crippen LogP contribution in [0.25, 0.3) is 0 Å². The Labute approximate surface area is 129 Å². The van der Waals surface area contributed by atoms with Crippen LogP contribution in [0.2, 0.25) is 0 Å². The lowest BCUT2D eigenvalue weighted by Gasteiger charge is -2.22. The van der Waals surface area contributed by atoms with E-state index in [0.717, 1.165) is 29.8 Å². The van der Waals surface area contributed by atoms with Crippen LogP contribution in [0.1, 0.15) is 30.2 Å². The lowest BCUT2D eigenvalue weighted by atomic mass is 10.1. The zero-order chi connectivity index (χ0) is 15.9. The summed E-state index contributed by atoms with van der Waals surface area (Å²) in [6.07, 6.45) is 0.668. The topological polar surface area (TPSA) is 64.1 Å². The second-order valence-corrected chi connectivity index (χ2v) is 6.10. The van der Waals surface area contributed by atoms with Gasteiger partial charge in [-0.1, -0.05) is 6.07 Å². The summed E-state index contributed by atoms with van der Waals surface area (Å²) in [5.74, 6) is 0.0916. The molecule has 1 saturated heterocycles. The fourth-order valence-electron chi connectivity index (χ4n) is 3.02. The molecule has 1 N–H and O–H groups in total. The SMILES string of the molecule is CN(C)C(=O)CN1Cc2ccc(N3CCCC3=O)cc2C1O. The second-order valence-electron chi connectivity index (χ2n) is 6.10. The van der Waals surface area contributed by atoms with Gasteiger partial charge in [0.05, 0.1) is 6.54 Å². The Morgan fingerprint density at radius 3 is 2.82 bits per heavy atom. The number of carbonyl (C=O) groups is 2. The van der Waals surface area contributed by atoms with Crippen molar-refractivity contribution >= 4 is 17.5 Å². The van der Waals surface area contributed by atoms with E-state index in [-0.39, 0.29) is 18.4 Å². The smallest absolute Gasteiger partial charge is 0.236 e. The molecule has 2 amide bonds. The Morgan fingerprint density at radius 2 is 2.18 bits per heavy atom. The van der Waals surface area contributed by atoms with Crippen molar-refractivity contribution in [2.24, 2.45) is 0 Å². The maximum absolute atomic E-state index is 11.8. The average molecular weight is 303 g/mol. The molecule has 6 heteroatoms. The van der Waals surface area contributed by atoms with Crippen molar-refractivity contribution in [2.45, 2.75) is 25.6 Å². The first-order valence-electron chi connectivity index (χ1n) is 7.53. The fraction of sp³-hybridized carbons (Fsp3) is 0.500. The molecule has 6 nitrogen and oxygen atoms in total. The number of rotatable bonds is 3. The largest absolute Gasteiger partial charge is 0.374 e. The van der Waals surface area contributed by atoms with Crippen LogP contribution in [0, 0.1) is 0 Å². The molecule has 1 fully saturated rings. The van der Waals surface area contributed by atoms with Crippen LogP contribution >= 0.6 is 0 Å². The number of hydrogen-bond donors (Lipinski definition) is 1. The maximum atomic E-state index is 11.8. The molecule has 3 rings (SSSR count). The van der Waals surface area contributed by atoms with Gasteiger partial charge in [-0.05, 0) is 24.1 Å². The number of anilines is 1. The highest BCUT2D eigenvalue weighted by Crippen LogP contribution is 2.35. The molecule has 0 spiro atoms. The molecule has 118 valence electrons. The predicted molar refractivity (Wildman–Crippen MR) is 82.1 cm³/mol. The minimum absolute atomic E-state index is 0.0400. The molecule has 0 aliphatic carbocycles. The first kappa shape index (κ1) is 15.0. The molecular weight excluding hydrogens is 282 g/mol. The van der Waals surface area contributed by atoms with Gasteiger partial charge in [0.1, 0.15) is 6.23 Å². The van der Waals surface area contributed by atoms with Crippen LogP contribution in [-0.2, 0) is 16.1 Å². The van der Waals surface area contributed by atoms with Gasteiger partial charge in [0.25, 0.3) is 0 Å². The highest BCUT2D eigenvalue weighted by Gasteiger charge is 2.31. The van der Waals surface area contributed by atoms with Crippen molar-refractivity contribution in [1.29, 1.82) is 0 Å². The van der Waals surface area contributed by atoms with Gasteiger partial charge in [-0.15, -0.1) is 0 Å². The van der Waals surface area contributed by atoms with E-state index < -0.39 is 6.23 Å². The molecule has 0 bridgehead atoms. The molecule has 1 unspecified atom stereocenters. The summed E-state index contributed by atoms with van der Waals surface area (Å²) in [5, 5.41) is 10.5. The highest BCUT2D eigenvalue weighted by atomic mass is 16.3. The van der Waals surface area contributed by atoms with Crippen molar-refractivity contribution in [1.82, 2.24) is 9.80 Å². The van der Waals surface area contributed by atoms with Crippen molar-refractivity contribution in [3.05, 3.63) is 29.3 Å². The summed E-state index contributed by atoms with van der Waals surface area (Å²) >= 11 is 0. The number of carbonyl (C=O) groups excluding carboxylic acids is 2. The number of aliphatic hydroxyl groups is 1. The second kappa shape index (κ2) is 5.70. The van der Waals surface area contributed by atoms with Gasteiger partial charge in [-0.2, -0.15) is 0 Å². The van der Waals surface area contributed by atoms with E-state index in [4.69, 9.17) is 0 Å². The Bertz CT molecular complexity index is 615. The Morgan fingerprint density at radius 1 is 1.41 bits per heavy atom. The summed E-state index contributed by atoms with van der Waals surface area (Å²) < 4.78 is 0. The molecule has 2 heterocycles. The normalized spacial score (nSPS) is 21.3. The Kier molecular flexibility index (Phi) is 3.88. The molecule has 0 saturated carbocycles. The monoisotopic (exact) mass is 303 g/mol. The number of amides is 2. The molecular formula is C16H21N3O3. The van der Waals surface area contributed by atoms with Gasteiger partial charge in [0.2, 0.25) is 11.8 Å². The van der Waals surface area contributed by atoms with Crippen LogP contribution < -0.4 is 4.90 Å². The first-order valence-corrected chi connectivity index (χ1v) is 7.53. The summed E-state index contributed by atoms with van der Waals surface area (Å²) in [6, 6.07) is 5.75. The van der Waals surface area contributed by atoms with Gasteiger partial charge in [0.15, 0.2) is 0 Å². The third-order valence-electron chi connectivity index (χ3n) is 4.35. The number of likely N-dealkylation sites (N-methyl/N-ethyl adjacent to an activating group) is 1. The van der Waals surface area contributed by atoms with E-state index >= 15 is 0 Å². The summed E-state index contributed by atoms with van der Waals surface area (Å²) in [6.45, 7) is 1.46. The zero-order valence-corrected chi connectivity index (χ0v) is 13.0. The van der Waals surface area contributed by atoms with Crippen molar-refractivity contribution in [2.75, 3.05) is 32.1 Å². The number of nitrogens with zero attached hydrogens (tertiary/aromatic N) is 3. The van der Waals surface area contributed by atoms with Crippen LogP contribution in [0.15, 0.2) is 18.2 Å². The fourth-order valence-corrected chi connectivity index (χ4v) is 3.02. The Balaban J connectivity index is 1.80. The van der Waals surface area contributed by atoms with Gasteiger partial charge in [0, 0.05) is 44.9 Å². The molecule has 1 aromatic rings.